The van der Waals surface area contributed by atoms with Crippen molar-refractivity contribution in [2.75, 3.05) is 12.4 Å². The maximum atomic E-state index is 12.2. The third-order valence-electron chi connectivity index (χ3n) is 3.20. The Kier molecular flexibility index (Phi) is 4.92. The Hall–Kier alpha value is -1.93. The molecule has 0 aliphatic rings. The van der Waals surface area contributed by atoms with Crippen molar-refractivity contribution in [1.82, 2.24) is 4.98 Å². The van der Waals surface area contributed by atoms with E-state index in [1.165, 1.54) is 11.3 Å². The molecule has 23 heavy (non-hydrogen) atoms. The van der Waals surface area contributed by atoms with E-state index in [9.17, 15) is 4.79 Å². The molecule has 0 saturated carbocycles. The summed E-state index contributed by atoms with van der Waals surface area (Å²) in [7, 11) is 1.64. The van der Waals surface area contributed by atoms with Crippen molar-refractivity contribution in [3.05, 3.63) is 63.0 Å². The van der Waals surface area contributed by atoms with Crippen LogP contribution in [0.5, 0.6) is 5.75 Å². The Morgan fingerprint density at radius 3 is 2.70 bits per heavy atom. The van der Waals surface area contributed by atoms with Crippen molar-refractivity contribution in [3.63, 3.8) is 0 Å². The van der Waals surface area contributed by atoms with Crippen LogP contribution in [-0.4, -0.2) is 18.0 Å². The molecule has 1 amide bonds. The number of hydrogen-bond donors (Lipinski definition) is 1. The predicted octanol–water partition coefficient (Wildman–Crippen LogP) is 4.68. The van der Waals surface area contributed by atoms with Crippen LogP contribution < -0.4 is 10.1 Å². The van der Waals surface area contributed by atoms with Crippen molar-refractivity contribution >= 4 is 45.0 Å². The van der Waals surface area contributed by atoms with Gasteiger partial charge in [-0.3, -0.25) is 10.1 Å². The summed E-state index contributed by atoms with van der Waals surface area (Å²) in [5.41, 5.74) is 2.44. The van der Waals surface area contributed by atoms with E-state index in [-0.39, 0.29) is 5.91 Å². The van der Waals surface area contributed by atoms with Crippen LogP contribution in [0.15, 0.2) is 53.9 Å². The summed E-state index contributed by atoms with van der Waals surface area (Å²) in [6.07, 6.45) is 0. The number of nitrogens with zero attached hydrogens (tertiary/aromatic N) is 1. The van der Waals surface area contributed by atoms with Crippen LogP contribution in [-0.2, 0) is 0 Å². The first kappa shape index (κ1) is 15.9. The molecule has 0 spiro atoms. The first-order valence-corrected chi connectivity index (χ1v) is 8.78. The van der Waals surface area contributed by atoms with Crippen molar-refractivity contribution in [2.24, 2.45) is 0 Å². The van der Waals surface area contributed by atoms with Gasteiger partial charge in [0.15, 0.2) is 5.13 Å². The van der Waals surface area contributed by atoms with Gasteiger partial charge in [0, 0.05) is 20.1 Å². The van der Waals surface area contributed by atoms with Crippen molar-refractivity contribution in [2.45, 2.75) is 0 Å². The van der Waals surface area contributed by atoms with E-state index in [0.717, 1.165) is 20.6 Å². The highest BCUT2D eigenvalue weighted by atomic mass is 127. The summed E-state index contributed by atoms with van der Waals surface area (Å²) < 4.78 is 6.17. The van der Waals surface area contributed by atoms with Gasteiger partial charge in [-0.1, -0.05) is 6.07 Å². The first-order valence-electron chi connectivity index (χ1n) is 6.82. The molecule has 0 unspecified atom stereocenters. The van der Waals surface area contributed by atoms with Crippen molar-refractivity contribution < 1.29 is 9.53 Å². The highest BCUT2D eigenvalue weighted by molar-refractivity contribution is 14.1. The van der Waals surface area contributed by atoms with Gasteiger partial charge in [0.25, 0.3) is 5.91 Å². The molecule has 2 aromatic carbocycles. The first-order chi connectivity index (χ1) is 11.2. The van der Waals surface area contributed by atoms with Gasteiger partial charge in [0.1, 0.15) is 5.75 Å². The lowest BCUT2D eigenvalue weighted by molar-refractivity contribution is 0.102. The molecule has 1 N–H and O–H groups in total. The van der Waals surface area contributed by atoms with E-state index in [0.29, 0.717) is 10.7 Å². The Morgan fingerprint density at radius 1 is 1.22 bits per heavy atom. The van der Waals surface area contributed by atoms with Crippen LogP contribution in [0.1, 0.15) is 10.4 Å². The second-order valence-electron chi connectivity index (χ2n) is 4.73. The van der Waals surface area contributed by atoms with Gasteiger partial charge in [0.2, 0.25) is 0 Å². The lowest BCUT2D eigenvalue weighted by atomic mass is 10.2. The number of carbonyl (C=O) groups excluding carboxylic acids is 1. The number of carbonyl (C=O) groups is 1. The number of hydrogen-bond acceptors (Lipinski definition) is 4. The van der Waals surface area contributed by atoms with Crippen LogP contribution in [0.25, 0.3) is 11.3 Å². The SMILES string of the molecule is COc1ccc(-c2csc(NC(=O)c3cccc(I)c3)n2)cc1. The fraction of sp³-hybridized carbons (Fsp3) is 0.0588. The van der Waals surface area contributed by atoms with Gasteiger partial charge < -0.3 is 4.74 Å². The summed E-state index contributed by atoms with van der Waals surface area (Å²) in [6, 6.07) is 15.1. The number of thiazole rings is 1. The maximum absolute atomic E-state index is 12.2. The van der Waals surface area contributed by atoms with Gasteiger partial charge >= 0.3 is 0 Å². The van der Waals surface area contributed by atoms with E-state index >= 15 is 0 Å². The maximum Gasteiger partial charge on any atom is 0.257 e. The molecule has 6 heteroatoms. The average molecular weight is 436 g/mol. The molecule has 0 atom stereocenters. The molecule has 3 rings (SSSR count). The van der Waals surface area contributed by atoms with E-state index in [4.69, 9.17) is 4.74 Å². The summed E-state index contributed by atoms with van der Waals surface area (Å²) in [6.45, 7) is 0. The fourth-order valence-electron chi connectivity index (χ4n) is 2.02. The van der Waals surface area contributed by atoms with Gasteiger partial charge in [-0.2, -0.15) is 0 Å². The summed E-state index contributed by atoms with van der Waals surface area (Å²) >= 11 is 3.59. The standard InChI is InChI=1S/C17H13IN2O2S/c1-22-14-7-5-11(6-8-14)15-10-23-17(19-15)20-16(21)12-3-2-4-13(18)9-12/h2-10H,1H3,(H,19,20,21). The summed E-state index contributed by atoms with van der Waals surface area (Å²) in [5, 5.41) is 5.34. The third kappa shape index (κ3) is 3.89. The Labute approximate surface area is 151 Å². The largest absolute Gasteiger partial charge is 0.497 e. The number of halogens is 1. The topological polar surface area (TPSA) is 51.2 Å². The summed E-state index contributed by atoms with van der Waals surface area (Å²) in [5.74, 6) is 0.648. The van der Waals surface area contributed by atoms with Gasteiger partial charge in [-0.05, 0) is 65.1 Å². The number of amides is 1. The van der Waals surface area contributed by atoms with E-state index in [2.05, 4.69) is 32.9 Å². The molecule has 0 saturated heterocycles. The zero-order valence-corrected chi connectivity index (χ0v) is 15.2. The Morgan fingerprint density at radius 2 is 2.00 bits per heavy atom. The Balaban J connectivity index is 1.75. The number of methoxy groups -OCH3 is 1. The minimum atomic E-state index is -0.154. The number of benzene rings is 2. The fourth-order valence-corrected chi connectivity index (χ4v) is 3.28. The minimum Gasteiger partial charge on any atom is -0.497 e. The van der Waals surface area contributed by atoms with Gasteiger partial charge in [-0.25, -0.2) is 4.98 Å². The molecule has 4 nitrogen and oxygen atoms in total. The van der Waals surface area contributed by atoms with E-state index < -0.39 is 0 Å². The average Bonchev–Trinajstić information content (AvgIpc) is 3.03. The quantitative estimate of drug-likeness (QED) is 0.605. The number of ether oxygens (including phenoxy) is 1. The third-order valence-corrected chi connectivity index (χ3v) is 4.63. The Bertz CT molecular complexity index is 831. The number of anilines is 1. The van der Waals surface area contributed by atoms with Crippen LogP contribution in [0, 0.1) is 3.57 Å². The molecular formula is C17H13IN2O2S. The molecule has 1 heterocycles. The molecule has 0 fully saturated rings. The number of aromatic nitrogens is 1. The molecule has 0 aliphatic carbocycles. The van der Waals surface area contributed by atoms with Crippen molar-refractivity contribution in [1.29, 1.82) is 0 Å². The smallest absolute Gasteiger partial charge is 0.257 e. The van der Waals surface area contributed by atoms with Crippen LogP contribution in [0.4, 0.5) is 5.13 Å². The zero-order chi connectivity index (χ0) is 16.2. The molecule has 0 bridgehead atoms. The summed E-state index contributed by atoms with van der Waals surface area (Å²) in [4.78, 5) is 16.7. The van der Waals surface area contributed by atoms with Crippen LogP contribution in [0.2, 0.25) is 0 Å². The van der Waals surface area contributed by atoms with E-state index in [1.807, 2.05) is 47.8 Å². The number of rotatable bonds is 4. The van der Waals surface area contributed by atoms with E-state index in [1.54, 1.807) is 13.2 Å². The number of nitrogens with one attached hydrogen (secondary N) is 1. The highest BCUT2D eigenvalue weighted by Crippen LogP contribution is 2.26. The lowest BCUT2D eigenvalue weighted by Crippen LogP contribution is -2.11. The lowest BCUT2D eigenvalue weighted by Gasteiger charge is -2.02. The monoisotopic (exact) mass is 436 g/mol. The molecule has 3 aromatic rings. The van der Waals surface area contributed by atoms with Gasteiger partial charge in [-0.15, -0.1) is 11.3 Å². The predicted molar refractivity (Wildman–Crippen MR) is 101 cm³/mol. The van der Waals surface area contributed by atoms with Crippen molar-refractivity contribution in [3.8, 4) is 17.0 Å². The van der Waals surface area contributed by atoms with Gasteiger partial charge in [0.05, 0.1) is 12.8 Å². The highest BCUT2D eigenvalue weighted by Gasteiger charge is 2.10. The molecule has 0 aliphatic heterocycles. The zero-order valence-electron chi connectivity index (χ0n) is 12.2. The molecular weight excluding hydrogens is 423 g/mol. The second kappa shape index (κ2) is 7.10. The van der Waals surface area contributed by atoms with Crippen LogP contribution >= 0.6 is 33.9 Å². The normalized spacial score (nSPS) is 10.3. The molecule has 0 radical (unpaired) electrons. The van der Waals surface area contributed by atoms with Crippen LogP contribution in [0.3, 0.4) is 0 Å². The minimum absolute atomic E-state index is 0.154. The molecule has 116 valence electrons. The molecule has 1 aromatic heterocycles. The second-order valence-corrected chi connectivity index (χ2v) is 6.83.